The second-order valence-electron chi connectivity index (χ2n) is 3.32. The highest BCUT2D eigenvalue weighted by Gasteiger charge is 2.25. The number of hydrazone groups is 1. The van der Waals surface area contributed by atoms with E-state index in [0.717, 1.165) is 10.6 Å². The molecular weight excluding hydrogens is 208 g/mol. The fourth-order valence-corrected chi connectivity index (χ4v) is 1.24. The number of carbonyl (C=O) groups excluding carboxylic acids is 2. The third kappa shape index (κ3) is 2.17. The van der Waals surface area contributed by atoms with Crippen LogP contribution >= 0.6 is 0 Å². The molecule has 82 valence electrons. The number of nitrogens with two attached hydrogens (primary N) is 1. The molecule has 0 saturated carbocycles. The Morgan fingerprint density at radius 3 is 2.56 bits per heavy atom. The van der Waals surface area contributed by atoms with Crippen LogP contribution in [0.3, 0.4) is 0 Å². The molecular formula is C10H10N4O2. The molecule has 3 N–H and O–H groups in total. The number of carbonyl (C=O) groups is 2. The lowest BCUT2D eigenvalue weighted by Crippen LogP contribution is -2.24. The summed E-state index contributed by atoms with van der Waals surface area (Å²) < 4.78 is 0. The first-order chi connectivity index (χ1) is 7.65. The van der Waals surface area contributed by atoms with Gasteiger partial charge in [-0.05, 0) is 17.7 Å². The van der Waals surface area contributed by atoms with Crippen LogP contribution in [0.25, 0.3) is 0 Å². The molecule has 0 spiro atoms. The third-order valence-corrected chi connectivity index (χ3v) is 2.06. The van der Waals surface area contributed by atoms with Crippen LogP contribution < -0.4 is 11.1 Å². The van der Waals surface area contributed by atoms with E-state index in [-0.39, 0.29) is 12.5 Å². The molecule has 0 radical (unpaired) electrons. The topological polar surface area (TPSA) is 87.8 Å². The second-order valence-corrected chi connectivity index (χ2v) is 3.32. The standard InChI is InChI=1S/C10H10N4O2/c11-8-3-1-7(2-4-8)5-12-14-6-9(15)13-10(14)16/h1-5H,6,11H2,(H,13,15,16)/b12-5-. The Morgan fingerprint density at radius 2 is 2.00 bits per heavy atom. The number of nitrogen functional groups attached to an aromatic ring is 1. The summed E-state index contributed by atoms with van der Waals surface area (Å²) in [5, 5.41) is 7.08. The summed E-state index contributed by atoms with van der Waals surface area (Å²) in [7, 11) is 0. The quantitative estimate of drug-likeness (QED) is 0.421. The predicted octanol–water partition coefficient (Wildman–Crippen LogP) is 0.154. The minimum atomic E-state index is -0.503. The van der Waals surface area contributed by atoms with Crippen LogP contribution in [0.2, 0.25) is 0 Å². The lowest BCUT2D eigenvalue weighted by atomic mass is 10.2. The summed E-state index contributed by atoms with van der Waals surface area (Å²) in [5.74, 6) is -0.348. The van der Waals surface area contributed by atoms with Gasteiger partial charge in [0.25, 0.3) is 0 Å². The van der Waals surface area contributed by atoms with Crippen molar-refractivity contribution in [2.24, 2.45) is 5.10 Å². The first kappa shape index (κ1) is 10.2. The number of anilines is 1. The zero-order valence-electron chi connectivity index (χ0n) is 8.38. The summed E-state index contributed by atoms with van der Waals surface area (Å²) in [6.07, 6.45) is 1.50. The summed E-state index contributed by atoms with van der Waals surface area (Å²) in [5.41, 5.74) is 6.99. The zero-order chi connectivity index (χ0) is 11.5. The summed E-state index contributed by atoms with van der Waals surface area (Å²) in [4.78, 5) is 22.0. The molecule has 1 fully saturated rings. The normalized spacial score (nSPS) is 15.9. The molecule has 1 aromatic rings. The maximum absolute atomic E-state index is 11.1. The molecule has 1 heterocycles. The van der Waals surface area contributed by atoms with Gasteiger partial charge in [-0.3, -0.25) is 10.1 Å². The van der Waals surface area contributed by atoms with E-state index in [9.17, 15) is 9.59 Å². The molecule has 6 heteroatoms. The molecule has 1 aliphatic heterocycles. The van der Waals surface area contributed by atoms with Crippen molar-refractivity contribution in [1.82, 2.24) is 10.3 Å². The molecule has 0 aliphatic carbocycles. The molecule has 16 heavy (non-hydrogen) atoms. The molecule has 1 aromatic carbocycles. The van der Waals surface area contributed by atoms with Gasteiger partial charge in [0.15, 0.2) is 0 Å². The van der Waals surface area contributed by atoms with Crippen molar-refractivity contribution >= 4 is 23.8 Å². The molecule has 0 atom stereocenters. The zero-order valence-corrected chi connectivity index (χ0v) is 8.38. The van der Waals surface area contributed by atoms with Gasteiger partial charge >= 0.3 is 6.03 Å². The van der Waals surface area contributed by atoms with Gasteiger partial charge in [-0.1, -0.05) is 12.1 Å². The fraction of sp³-hybridized carbons (Fsp3) is 0.100. The SMILES string of the molecule is Nc1ccc(/C=N\N2CC(=O)NC2=O)cc1. The number of hydrogen-bond donors (Lipinski definition) is 2. The van der Waals surface area contributed by atoms with E-state index in [2.05, 4.69) is 10.4 Å². The van der Waals surface area contributed by atoms with Gasteiger partial charge in [0.2, 0.25) is 5.91 Å². The Labute approximate surface area is 91.7 Å². The molecule has 1 aliphatic rings. The molecule has 3 amide bonds. The van der Waals surface area contributed by atoms with Gasteiger partial charge in [0, 0.05) is 5.69 Å². The van der Waals surface area contributed by atoms with E-state index >= 15 is 0 Å². The molecule has 0 unspecified atom stereocenters. The second kappa shape index (κ2) is 4.01. The monoisotopic (exact) mass is 218 g/mol. The maximum Gasteiger partial charge on any atom is 0.344 e. The van der Waals surface area contributed by atoms with Gasteiger partial charge < -0.3 is 5.73 Å². The van der Waals surface area contributed by atoms with Gasteiger partial charge in [0.1, 0.15) is 6.54 Å². The number of amides is 3. The summed E-state index contributed by atoms with van der Waals surface area (Å²) in [6.45, 7) is -0.0374. The van der Waals surface area contributed by atoms with Crippen LogP contribution in [0.4, 0.5) is 10.5 Å². The molecule has 0 bridgehead atoms. The van der Waals surface area contributed by atoms with Crippen molar-refractivity contribution in [1.29, 1.82) is 0 Å². The lowest BCUT2D eigenvalue weighted by Gasteiger charge is -2.03. The Kier molecular flexibility index (Phi) is 2.55. The van der Waals surface area contributed by atoms with Crippen molar-refractivity contribution in [3.8, 4) is 0 Å². The molecule has 0 aromatic heterocycles. The first-order valence-electron chi connectivity index (χ1n) is 4.66. The summed E-state index contributed by atoms with van der Waals surface area (Å²) in [6, 6.07) is 6.51. The van der Waals surface area contributed by atoms with Gasteiger partial charge in [0.05, 0.1) is 6.21 Å². The Morgan fingerprint density at radius 1 is 1.31 bits per heavy atom. The van der Waals surface area contributed by atoms with Crippen LogP contribution in [0, 0.1) is 0 Å². The number of nitrogens with one attached hydrogen (secondary N) is 1. The van der Waals surface area contributed by atoms with Gasteiger partial charge in [-0.15, -0.1) is 0 Å². The maximum atomic E-state index is 11.1. The van der Waals surface area contributed by atoms with E-state index in [4.69, 9.17) is 5.73 Å². The van der Waals surface area contributed by atoms with Crippen molar-refractivity contribution in [3.05, 3.63) is 29.8 Å². The molecule has 2 rings (SSSR count). The molecule has 6 nitrogen and oxygen atoms in total. The van der Waals surface area contributed by atoms with Gasteiger partial charge in [-0.2, -0.15) is 5.10 Å². The third-order valence-electron chi connectivity index (χ3n) is 2.06. The molecule has 1 saturated heterocycles. The fourth-order valence-electron chi connectivity index (χ4n) is 1.24. The minimum absolute atomic E-state index is 0.0374. The van der Waals surface area contributed by atoms with E-state index in [1.165, 1.54) is 6.21 Å². The van der Waals surface area contributed by atoms with Crippen LogP contribution in [0.15, 0.2) is 29.4 Å². The largest absolute Gasteiger partial charge is 0.399 e. The average molecular weight is 218 g/mol. The van der Waals surface area contributed by atoms with Crippen molar-refractivity contribution < 1.29 is 9.59 Å². The van der Waals surface area contributed by atoms with Crippen LogP contribution in [0.5, 0.6) is 0 Å². The smallest absolute Gasteiger partial charge is 0.344 e. The number of nitrogens with zero attached hydrogens (tertiary/aromatic N) is 2. The van der Waals surface area contributed by atoms with E-state index < -0.39 is 6.03 Å². The van der Waals surface area contributed by atoms with E-state index in [0.29, 0.717) is 5.69 Å². The number of imide groups is 1. The Bertz CT molecular complexity index is 452. The van der Waals surface area contributed by atoms with Crippen LogP contribution in [-0.4, -0.2) is 29.7 Å². The highest BCUT2D eigenvalue weighted by molar-refractivity contribution is 6.02. The Balaban J connectivity index is 2.07. The minimum Gasteiger partial charge on any atom is -0.399 e. The predicted molar refractivity (Wildman–Crippen MR) is 58.7 cm³/mol. The highest BCUT2D eigenvalue weighted by Crippen LogP contribution is 2.04. The number of rotatable bonds is 2. The number of benzene rings is 1. The first-order valence-corrected chi connectivity index (χ1v) is 4.66. The Hall–Kier alpha value is -2.37. The average Bonchev–Trinajstić information content (AvgIpc) is 2.57. The van der Waals surface area contributed by atoms with Crippen LogP contribution in [0.1, 0.15) is 5.56 Å². The van der Waals surface area contributed by atoms with Gasteiger partial charge in [-0.25, -0.2) is 9.80 Å². The number of hydrogen-bond acceptors (Lipinski definition) is 4. The lowest BCUT2D eigenvalue weighted by molar-refractivity contribution is -0.118. The summed E-state index contributed by atoms with van der Waals surface area (Å²) >= 11 is 0. The van der Waals surface area contributed by atoms with Crippen LogP contribution in [-0.2, 0) is 4.79 Å². The van der Waals surface area contributed by atoms with Crippen molar-refractivity contribution in [2.75, 3.05) is 12.3 Å². The number of urea groups is 1. The van der Waals surface area contributed by atoms with E-state index in [1.807, 2.05) is 0 Å². The van der Waals surface area contributed by atoms with Crippen molar-refractivity contribution in [2.45, 2.75) is 0 Å². The highest BCUT2D eigenvalue weighted by atomic mass is 16.2. The van der Waals surface area contributed by atoms with Crippen molar-refractivity contribution in [3.63, 3.8) is 0 Å². The van der Waals surface area contributed by atoms with E-state index in [1.54, 1.807) is 24.3 Å².